The van der Waals surface area contributed by atoms with Gasteiger partial charge in [0.25, 0.3) is 0 Å². The van der Waals surface area contributed by atoms with Gasteiger partial charge in [-0.2, -0.15) is 0 Å². The summed E-state index contributed by atoms with van der Waals surface area (Å²) >= 11 is 5.08. The van der Waals surface area contributed by atoms with Gasteiger partial charge >= 0.3 is 0 Å². The van der Waals surface area contributed by atoms with Crippen LogP contribution >= 0.6 is 27.3 Å². The molecule has 164 valence electrons. The zero-order valence-corrected chi connectivity index (χ0v) is 20.6. The molecule has 1 N–H and O–H groups in total. The molecule has 4 bridgehead atoms. The topological polar surface area (TPSA) is 45.5 Å². The smallest absolute Gasteiger partial charge is 0.209 e. The Balaban J connectivity index is 1.32. The number of benzene rings is 2. The molecule has 2 atom stereocenters. The van der Waals surface area contributed by atoms with Gasteiger partial charge in [0.2, 0.25) is 5.13 Å². The van der Waals surface area contributed by atoms with Crippen LogP contribution in [0.1, 0.15) is 60.9 Å². The molecule has 3 aromatic rings. The van der Waals surface area contributed by atoms with Gasteiger partial charge in [0.05, 0.1) is 5.69 Å². The molecule has 4 saturated carbocycles. The van der Waals surface area contributed by atoms with E-state index in [4.69, 9.17) is 4.98 Å². The maximum atomic E-state index is 10.1. The third kappa shape index (κ3) is 3.45. The minimum atomic E-state index is 0.192. The van der Waals surface area contributed by atoms with Crippen LogP contribution in [0.3, 0.4) is 0 Å². The van der Waals surface area contributed by atoms with Crippen LogP contribution in [0.5, 0.6) is 5.75 Å². The lowest BCUT2D eigenvalue weighted by Crippen LogP contribution is -2.56. The Morgan fingerprint density at radius 1 is 1.06 bits per heavy atom. The Labute approximate surface area is 201 Å². The van der Waals surface area contributed by atoms with Crippen molar-refractivity contribution in [3.63, 3.8) is 0 Å². The minimum Gasteiger partial charge on any atom is -0.507 e. The predicted molar refractivity (Wildman–Crippen MR) is 134 cm³/mol. The second kappa shape index (κ2) is 7.53. The Kier molecular flexibility index (Phi) is 4.85. The Hall–Kier alpha value is -1.98. The van der Waals surface area contributed by atoms with Crippen molar-refractivity contribution >= 4 is 38.6 Å². The van der Waals surface area contributed by atoms with E-state index < -0.39 is 0 Å². The second-order valence-corrected chi connectivity index (χ2v) is 12.1. The van der Waals surface area contributed by atoms with E-state index in [-0.39, 0.29) is 11.2 Å². The predicted octanol–water partition coefficient (Wildman–Crippen LogP) is 7.46. The van der Waals surface area contributed by atoms with Crippen LogP contribution in [0.2, 0.25) is 0 Å². The SMILES string of the molecule is Cc1ccc(C23CC4CC(C2)CC(c2csc(N=Cc5cc(Br)ccc5O)n2)(C4)C3)cc1. The Bertz CT molecular complexity index is 1180. The van der Waals surface area contributed by atoms with Gasteiger partial charge in [-0.25, -0.2) is 9.98 Å². The number of phenolic OH excluding ortho intramolecular Hbond substituents is 1. The molecule has 2 unspecified atom stereocenters. The highest BCUT2D eigenvalue weighted by Gasteiger charge is 2.59. The highest BCUT2D eigenvalue weighted by molar-refractivity contribution is 9.10. The number of aryl methyl sites for hydroxylation is 1. The van der Waals surface area contributed by atoms with E-state index in [0.29, 0.717) is 11.0 Å². The van der Waals surface area contributed by atoms with E-state index in [1.807, 2.05) is 12.1 Å². The number of aliphatic imine (C=N–C) groups is 1. The summed E-state index contributed by atoms with van der Waals surface area (Å²) in [5.41, 5.74) is 5.33. The average molecular weight is 507 g/mol. The summed E-state index contributed by atoms with van der Waals surface area (Å²) in [6, 6.07) is 14.7. The molecule has 0 radical (unpaired) electrons. The van der Waals surface area contributed by atoms with Crippen LogP contribution in [-0.4, -0.2) is 16.3 Å². The van der Waals surface area contributed by atoms with Gasteiger partial charge in [-0.1, -0.05) is 45.8 Å². The Morgan fingerprint density at radius 2 is 1.78 bits per heavy atom. The molecule has 0 aliphatic heterocycles. The number of aromatic nitrogens is 1. The van der Waals surface area contributed by atoms with Crippen LogP contribution in [0.25, 0.3) is 0 Å². The highest BCUT2D eigenvalue weighted by atomic mass is 79.9. The number of aromatic hydroxyl groups is 1. The van der Waals surface area contributed by atoms with E-state index in [0.717, 1.165) is 21.4 Å². The van der Waals surface area contributed by atoms with Gasteiger partial charge in [-0.3, -0.25) is 0 Å². The normalized spacial score (nSPS) is 30.9. The summed E-state index contributed by atoms with van der Waals surface area (Å²) < 4.78 is 0.923. The first-order valence-corrected chi connectivity index (χ1v) is 13.2. The number of nitrogens with zero attached hydrogens (tertiary/aromatic N) is 2. The van der Waals surface area contributed by atoms with Crippen LogP contribution < -0.4 is 0 Å². The molecule has 0 amide bonds. The summed E-state index contributed by atoms with van der Waals surface area (Å²) in [6.45, 7) is 2.18. The third-order valence-electron chi connectivity index (χ3n) is 8.06. The molecule has 2 aromatic carbocycles. The molecule has 32 heavy (non-hydrogen) atoms. The number of phenols is 1. The minimum absolute atomic E-state index is 0.192. The van der Waals surface area contributed by atoms with Gasteiger partial charge in [-0.15, -0.1) is 11.3 Å². The van der Waals surface area contributed by atoms with Crippen LogP contribution in [0.15, 0.2) is 57.3 Å². The fourth-order valence-electron chi connectivity index (χ4n) is 7.13. The van der Waals surface area contributed by atoms with Crippen molar-refractivity contribution in [2.45, 2.75) is 56.3 Å². The molecule has 7 rings (SSSR count). The lowest BCUT2D eigenvalue weighted by molar-refractivity contribution is -0.0296. The maximum absolute atomic E-state index is 10.1. The largest absolute Gasteiger partial charge is 0.507 e. The molecule has 4 fully saturated rings. The summed E-state index contributed by atoms with van der Waals surface area (Å²) in [5, 5.41) is 13.1. The molecular weight excluding hydrogens is 480 g/mol. The van der Waals surface area contributed by atoms with Crippen molar-refractivity contribution in [1.82, 2.24) is 4.98 Å². The van der Waals surface area contributed by atoms with E-state index in [1.54, 1.807) is 29.2 Å². The quantitative estimate of drug-likeness (QED) is 0.373. The Morgan fingerprint density at radius 3 is 2.53 bits per heavy atom. The molecule has 4 aliphatic rings. The van der Waals surface area contributed by atoms with Crippen LogP contribution in [0.4, 0.5) is 5.13 Å². The molecular formula is C27H27BrN2OS. The molecule has 1 heterocycles. The maximum Gasteiger partial charge on any atom is 0.209 e. The second-order valence-electron chi connectivity index (χ2n) is 10.4. The van der Waals surface area contributed by atoms with Crippen molar-refractivity contribution in [3.8, 4) is 5.75 Å². The first-order chi connectivity index (χ1) is 15.4. The van der Waals surface area contributed by atoms with Gasteiger partial charge < -0.3 is 5.11 Å². The molecule has 0 spiro atoms. The van der Waals surface area contributed by atoms with E-state index in [1.165, 1.54) is 49.8 Å². The molecule has 4 aliphatic carbocycles. The van der Waals surface area contributed by atoms with Crippen molar-refractivity contribution < 1.29 is 5.11 Å². The van der Waals surface area contributed by atoms with E-state index in [9.17, 15) is 5.11 Å². The fourth-order valence-corrected chi connectivity index (χ4v) is 8.29. The van der Waals surface area contributed by atoms with Gasteiger partial charge in [0.15, 0.2) is 0 Å². The van der Waals surface area contributed by atoms with Gasteiger partial charge in [0.1, 0.15) is 5.75 Å². The molecule has 3 nitrogen and oxygen atoms in total. The zero-order valence-electron chi connectivity index (χ0n) is 18.2. The van der Waals surface area contributed by atoms with Crippen LogP contribution in [0, 0.1) is 18.8 Å². The third-order valence-corrected chi connectivity index (χ3v) is 9.31. The molecule has 5 heteroatoms. The number of thiazole rings is 1. The zero-order chi connectivity index (χ0) is 21.9. The van der Waals surface area contributed by atoms with Crippen molar-refractivity contribution in [2.75, 3.05) is 0 Å². The highest BCUT2D eigenvalue weighted by Crippen LogP contribution is 2.66. The van der Waals surface area contributed by atoms with Crippen molar-refractivity contribution in [2.24, 2.45) is 16.8 Å². The summed E-state index contributed by atoms with van der Waals surface area (Å²) in [6.07, 6.45) is 9.56. The monoisotopic (exact) mass is 506 g/mol. The average Bonchev–Trinajstić information content (AvgIpc) is 3.24. The van der Waals surface area contributed by atoms with E-state index >= 15 is 0 Å². The summed E-state index contributed by atoms with van der Waals surface area (Å²) in [5.74, 6) is 1.85. The first kappa shape index (κ1) is 20.6. The number of hydrogen-bond acceptors (Lipinski definition) is 4. The first-order valence-electron chi connectivity index (χ1n) is 11.5. The van der Waals surface area contributed by atoms with Gasteiger partial charge in [-0.05, 0) is 86.5 Å². The lowest BCUT2D eigenvalue weighted by Gasteiger charge is -2.62. The molecule has 1 aromatic heterocycles. The fraction of sp³-hybridized carbons (Fsp3) is 0.407. The molecule has 0 saturated heterocycles. The number of halogens is 1. The van der Waals surface area contributed by atoms with E-state index in [2.05, 4.69) is 57.5 Å². The van der Waals surface area contributed by atoms with Crippen molar-refractivity contribution in [1.29, 1.82) is 0 Å². The van der Waals surface area contributed by atoms with Crippen LogP contribution in [-0.2, 0) is 10.8 Å². The summed E-state index contributed by atoms with van der Waals surface area (Å²) in [4.78, 5) is 9.65. The van der Waals surface area contributed by atoms with Gasteiger partial charge in [0, 0.05) is 27.0 Å². The van der Waals surface area contributed by atoms with Crippen molar-refractivity contribution in [3.05, 3.63) is 74.7 Å². The lowest BCUT2D eigenvalue weighted by atomic mass is 9.42. The number of hydrogen-bond donors (Lipinski definition) is 1. The standard InChI is InChI=1S/C27H27BrN2OS/c1-17-2-4-21(5-3-17)26-10-18-8-19(11-26)13-27(12-18,16-26)24-15-32-25(30-24)29-14-20-9-22(28)6-7-23(20)31/h2-7,9,14-15,18-19,31H,8,10-13,16H2,1H3. The summed E-state index contributed by atoms with van der Waals surface area (Å²) in [7, 11) is 0. The number of rotatable bonds is 4.